The second kappa shape index (κ2) is 6.86. The summed E-state index contributed by atoms with van der Waals surface area (Å²) in [5, 5.41) is 5.97. The van der Waals surface area contributed by atoms with E-state index in [1.807, 2.05) is 19.1 Å². The minimum atomic E-state index is -0.199. The van der Waals surface area contributed by atoms with Gasteiger partial charge in [0, 0.05) is 13.1 Å². The van der Waals surface area contributed by atoms with Crippen molar-refractivity contribution in [2.45, 2.75) is 26.4 Å². The Balaban J connectivity index is 2.42. The molecule has 0 aliphatic heterocycles. The highest BCUT2D eigenvalue weighted by Crippen LogP contribution is 2.06. The first-order valence-electron chi connectivity index (χ1n) is 5.81. The van der Waals surface area contributed by atoms with Crippen LogP contribution in [-0.2, 0) is 11.3 Å². The summed E-state index contributed by atoms with van der Waals surface area (Å²) in [4.78, 5) is 11.6. The van der Waals surface area contributed by atoms with Crippen LogP contribution >= 0.6 is 0 Å². The predicted octanol–water partition coefficient (Wildman–Crippen LogP) is 1.78. The number of hydrogen-bond donors (Lipinski definition) is 2. The number of carbonyl (C=O) groups is 1. The molecule has 92 valence electrons. The van der Waals surface area contributed by atoms with Crippen LogP contribution in [-0.4, -0.2) is 18.5 Å². The first kappa shape index (κ1) is 13.5. The smallest absolute Gasteiger partial charge is 0.237 e. The van der Waals surface area contributed by atoms with Crippen molar-refractivity contribution >= 4 is 5.91 Å². The fourth-order valence-corrected chi connectivity index (χ4v) is 1.49. The van der Waals surface area contributed by atoms with Crippen molar-refractivity contribution in [2.75, 3.05) is 6.54 Å². The molecule has 0 saturated carbocycles. The van der Waals surface area contributed by atoms with Crippen LogP contribution in [0.15, 0.2) is 36.9 Å². The molecule has 1 atom stereocenters. The first-order chi connectivity index (χ1) is 8.15. The zero-order chi connectivity index (χ0) is 12.7. The van der Waals surface area contributed by atoms with Crippen molar-refractivity contribution in [3.05, 3.63) is 48.0 Å². The Morgan fingerprint density at radius 1 is 1.47 bits per heavy atom. The number of carbonyl (C=O) groups excluding carboxylic acids is 1. The Bertz CT molecular complexity index is 388. The van der Waals surface area contributed by atoms with Crippen LogP contribution in [0.3, 0.4) is 0 Å². The van der Waals surface area contributed by atoms with Crippen LogP contribution < -0.4 is 10.6 Å². The summed E-state index contributed by atoms with van der Waals surface area (Å²) in [5.41, 5.74) is 2.45. The molecule has 3 nitrogen and oxygen atoms in total. The third kappa shape index (κ3) is 4.41. The molecular weight excluding hydrogens is 212 g/mol. The van der Waals surface area contributed by atoms with Crippen molar-refractivity contribution in [3.8, 4) is 0 Å². The van der Waals surface area contributed by atoms with E-state index in [1.54, 1.807) is 6.08 Å². The van der Waals surface area contributed by atoms with Gasteiger partial charge in [-0.05, 0) is 25.0 Å². The lowest BCUT2D eigenvalue weighted by atomic mass is 10.1. The highest BCUT2D eigenvalue weighted by Gasteiger charge is 2.10. The second-order valence-corrected chi connectivity index (χ2v) is 4.06. The Morgan fingerprint density at radius 2 is 2.18 bits per heavy atom. The maximum atomic E-state index is 11.6. The van der Waals surface area contributed by atoms with Crippen LogP contribution in [0.2, 0.25) is 0 Å². The van der Waals surface area contributed by atoms with Gasteiger partial charge in [0.05, 0.1) is 6.04 Å². The number of hydrogen-bond acceptors (Lipinski definition) is 2. The lowest BCUT2D eigenvalue weighted by Gasteiger charge is -2.14. The number of amides is 1. The minimum absolute atomic E-state index is 0.00140. The maximum absolute atomic E-state index is 11.6. The Morgan fingerprint density at radius 3 is 2.82 bits per heavy atom. The molecule has 0 saturated heterocycles. The van der Waals surface area contributed by atoms with E-state index in [9.17, 15) is 4.79 Å². The maximum Gasteiger partial charge on any atom is 0.237 e. The lowest BCUT2D eigenvalue weighted by Crippen LogP contribution is -2.41. The lowest BCUT2D eigenvalue weighted by molar-refractivity contribution is -0.122. The third-order valence-electron chi connectivity index (χ3n) is 2.67. The van der Waals surface area contributed by atoms with Gasteiger partial charge in [0.25, 0.3) is 0 Å². The fraction of sp³-hybridized carbons (Fsp3) is 0.357. The highest BCUT2D eigenvalue weighted by molar-refractivity contribution is 5.81. The summed E-state index contributed by atoms with van der Waals surface area (Å²) < 4.78 is 0. The molecule has 2 N–H and O–H groups in total. The van der Waals surface area contributed by atoms with Crippen molar-refractivity contribution < 1.29 is 4.79 Å². The molecule has 0 bridgehead atoms. The normalized spacial score (nSPS) is 11.9. The van der Waals surface area contributed by atoms with E-state index in [2.05, 4.69) is 36.3 Å². The molecule has 0 aliphatic rings. The second-order valence-electron chi connectivity index (χ2n) is 4.06. The van der Waals surface area contributed by atoms with Crippen LogP contribution in [0.4, 0.5) is 0 Å². The Labute approximate surface area is 103 Å². The van der Waals surface area contributed by atoms with Gasteiger partial charge in [-0.2, -0.15) is 0 Å². The summed E-state index contributed by atoms with van der Waals surface area (Å²) in [5.74, 6) is -0.00140. The van der Waals surface area contributed by atoms with Gasteiger partial charge in [-0.25, -0.2) is 0 Å². The van der Waals surface area contributed by atoms with Crippen molar-refractivity contribution in [3.63, 3.8) is 0 Å². The van der Waals surface area contributed by atoms with E-state index in [4.69, 9.17) is 0 Å². The zero-order valence-electron chi connectivity index (χ0n) is 10.5. The molecule has 1 amide bonds. The van der Waals surface area contributed by atoms with E-state index in [0.717, 1.165) is 0 Å². The molecular formula is C14H20N2O. The SMILES string of the molecule is C=CCNC(=O)C(C)NCc1ccccc1C. The Hall–Kier alpha value is -1.61. The standard InChI is InChI=1S/C14H20N2O/c1-4-9-15-14(17)12(3)16-10-13-8-6-5-7-11(13)2/h4-8,12,16H,1,9-10H2,2-3H3,(H,15,17). The number of nitrogens with one attached hydrogen (secondary N) is 2. The molecule has 1 aromatic carbocycles. The molecule has 0 aliphatic carbocycles. The topological polar surface area (TPSA) is 41.1 Å². The highest BCUT2D eigenvalue weighted by atomic mass is 16.2. The van der Waals surface area contributed by atoms with E-state index >= 15 is 0 Å². The monoisotopic (exact) mass is 232 g/mol. The van der Waals surface area contributed by atoms with Crippen LogP contribution in [0.25, 0.3) is 0 Å². The first-order valence-corrected chi connectivity index (χ1v) is 5.81. The fourth-order valence-electron chi connectivity index (χ4n) is 1.49. The van der Waals surface area contributed by atoms with Gasteiger partial charge >= 0.3 is 0 Å². The molecule has 0 fully saturated rings. The average Bonchev–Trinajstić information content (AvgIpc) is 2.34. The predicted molar refractivity (Wildman–Crippen MR) is 70.7 cm³/mol. The van der Waals surface area contributed by atoms with E-state index in [0.29, 0.717) is 13.1 Å². The summed E-state index contributed by atoms with van der Waals surface area (Å²) in [6, 6.07) is 7.95. The van der Waals surface area contributed by atoms with Gasteiger partial charge in [-0.15, -0.1) is 6.58 Å². The molecule has 1 aromatic rings. The van der Waals surface area contributed by atoms with Gasteiger partial charge in [0.15, 0.2) is 0 Å². The molecule has 0 heterocycles. The van der Waals surface area contributed by atoms with Crippen molar-refractivity contribution in [1.82, 2.24) is 10.6 Å². The van der Waals surface area contributed by atoms with E-state index in [-0.39, 0.29) is 11.9 Å². The van der Waals surface area contributed by atoms with Gasteiger partial charge in [-0.3, -0.25) is 4.79 Å². The molecule has 3 heteroatoms. The van der Waals surface area contributed by atoms with Gasteiger partial charge in [0.2, 0.25) is 5.91 Å². The molecule has 0 radical (unpaired) electrons. The largest absolute Gasteiger partial charge is 0.351 e. The summed E-state index contributed by atoms with van der Waals surface area (Å²) in [6.07, 6.45) is 1.67. The third-order valence-corrected chi connectivity index (χ3v) is 2.67. The van der Waals surface area contributed by atoms with Crippen LogP contribution in [0.1, 0.15) is 18.1 Å². The zero-order valence-corrected chi connectivity index (χ0v) is 10.5. The minimum Gasteiger partial charge on any atom is -0.351 e. The number of rotatable bonds is 6. The van der Waals surface area contributed by atoms with Gasteiger partial charge < -0.3 is 10.6 Å². The van der Waals surface area contributed by atoms with Crippen molar-refractivity contribution in [1.29, 1.82) is 0 Å². The average molecular weight is 232 g/mol. The number of benzene rings is 1. The van der Waals surface area contributed by atoms with Gasteiger partial charge in [0.1, 0.15) is 0 Å². The van der Waals surface area contributed by atoms with Crippen molar-refractivity contribution in [2.24, 2.45) is 0 Å². The van der Waals surface area contributed by atoms with E-state index in [1.165, 1.54) is 11.1 Å². The summed E-state index contributed by atoms with van der Waals surface area (Å²) >= 11 is 0. The Kier molecular flexibility index (Phi) is 5.43. The molecule has 1 rings (SSSR count). The molecule has 0 spiro atoms. The summed E-state index contributed by atoms with van der Waals surface area (Å²) in [6.45, 7) is 8.70. The van der Waals surface area contributed by atoms with E-state index < -0.39 is 0 Å². The summed E-state index contributed by atoms with van der Waals surface area (Å²) in [7, 11) is 0. The molecule has 17 heavy (non-hydrogen) atoms. The number of aryl methyl sites for hydroxylation is 1. The quantitative estimate of drug-likeness (QED) is 0.734. The van der Waals surface area contributed by atoms with Gasteiger partial charge in [-0.1, -0.05) is 30.3 Å². The molecule has 0 aromatic heterocycles. The van der Waals surface area contributed by atoms with Crippen LogP contribution in [0.5, 0.6) is 0 Å². The molecule has 1 unspecified atom stereocenters. The van der Waals surface area contributed by atoms with Crippen LogP contribution in [0, 0.1) is 6.92 Å².